The second-order valence-electron chi connectivity index (χ2n) is 4.98. The Morgan fingerprint density at radius 2 is 1.71 bits per heavy atom. The van der Waals surface area contributed by atoms with Gasteiger partial charge in [0.2, 0.25) is 10.0 Å². The third-order valence-electron chi connectivity index (χ3n) is 3.42. The van der Waals surface area contributed by atoms with Crippen molar-refractivity contribution in [3.63, 3.8) is 0 Å². The number of rotatable bonds is 8. The molecule has 0 unspecified atom stereocenters. The SMILES string of the molecule is CCCN(CCOC)S(=O)(=O)c1cc(C)c(C)cc1OC. The minimum absolute atomic E-state index is 0.220. The Morgan fingerprint density at radius 1 is 1.10 bits per heavy atom. The lowest BCUT2D eigenvalue weighted by Crippen LogP contribution is -2.34. The first-order chi connectivity index (χ1) is 9.88. The zero-order valence-electron chi connectivity index (χ0n) is 13.5. The Kier molecular flexibility index (Phi) is 6.64. The molecule has 1 aromatic carbocycles. The molecule has 0 N–H and O–H groups in total. The number of hydrogen-bond donors (Lipinski definition) is 0. The number of benzene rings is 1. The van der Waals surface area contributed by atoms with Crippen LogP contribution in [-0.2, 0) is 14.8 Å². The van der Waals surface area contributed by atoms with Crippen molar-refractivity contribution >= 4 is 10.0 Å². The van der Waals surface area contributed by atoms with Gasteiger partial charge in [0.05, 0.1) is 13.7 Å². The van der Waals surface area contributed by atoms with Gasteiger partial charge in [0.1, 0.15) is 10.6 Å². The van der Waals surface area contributed by atoms with Gasteiger partial charge in [-0.25, -0.2) is 8.42 Å². The summed E-state index contributed by atoms with van der Waals surface area (Å²) in [5, 5.41) is 0. The number of nitrogens with zero attached hydrogens (tertiary/aromatic N) is 1. The van der Waals surface area contributed by atoms with Crippen molar-refractivity contribution in [2.45, 2.75) is 32.1 Å². The number of ether oxygens (including phenoxy) is 2. The molecular formula is C15H25NO4S. The van der Waals surface area contributed by atoms with Crippen LogP contribution in [0.3, 0.4) is 0 Å². The predicted octanol–water partition coefficient (Wildman–Crippen LogP) is 2.36. The highest BCUT2D eigenvalue weighted by Crippen LogP contribution is 2.29. The summed E-state index contributed by atoms with van der Waals surface area (Å²) in [5.41, 5.74) is 1.93. The molecule has 0 saturated heterocycles. The summed E-state index contributed by atoms with van der Waals surface area (Å²) in [7, 11) is -0.538. The van der Waals surface area contributed by atoms with Crippen LogP contribution in [-0.4, -0.2) is 46.6 Å². The topological polar surface area (TPSA) is 55.8 Å². The third kappa shape index (κ3) is 4.18. The molecular weight excluding hydrogens is 290 g/mol. The average molecular weight is 315 g/mol. The van der Waals surface area contributed by atoms with E-state index >= 15 is 0 Å². The molecule has 0 fully saturated rings. The van der Waals surface area contributed by atoms with Crippen LogP contribution in [0.1, 0.15) is 24.5 Å². The van der Waals surface area contributed by atoms with E-state index in [1.54, 1.807) is 19.2 Å². The van der Waals surface area contributed by atoms with Gasteiger partial charge in [-0.2, -0.15) is 4.31 Å². The quantitative estimate of drug-likeness (QED) is 0.739. The summed E-state index contributed by atoms with van der Waals surface area (Å²) >= 11 is 0. The Morgan fingerprint density at radius 3 is 2.24 bits per heavy atom. The Balaban J connectivity index is 3.29. The van der Waals surface area contributed by atoms with E-state index in [0.717, 1.165) is 17.5 Å². The molecule has 0 bridgehead atoms. The Hall–Kier alpha value is -1.11. The van der Waals surface area contributed by atoms with Crippen LogP contribution in [0.15, 0.2) is 17.0 Å². The summed E-state index contributed by atoms with van der Waals surface area (Å²) in [5.74, 6) is 0.386. The van der Waals surface area contributed by atoms with Crippen LogP contribution in [0.2, 0.25) is 0 Å². The first-order valence-corrected chi connectivity index (χ1v) is 8.46. The average Bonchev–Trinajstić information content (AvgIpc) is 2.45. The standard InChI is InChI=1S/C15H25NO4S/c1-6-7-16(8-9-19-4)21(17,18)15-11-13(3)12(2)10-14(15)20-5/h10-11H,6-9H2,1-5H3. The molecule has 0 aliphatic heterocycles. The van der Waals surface area contributed by atoms with Gasteiger partial charge >= 0.3 is 0 Å². The minimum atomic E-state index is -3.59. The highest BCUT2D eigenvalue weighted by atomic mass is 32.2. The van der Waals surface area contributed by atoms with Crippen LogP contribution in [0.4, 0.5) is 0 Å². The molecule has 0 aliphatic carbocycles. The summed E-state index contributed by atoms with van der Waals surface area (Å²) in [6, 6.07) is 3.45. The van der Waals surface area contributed by atoms with Crippen LogP contribution >= 0.6 is 0 Å². The molecule has 0 aliphatic rings. The van der Waals surface area contributed by atoms with Crippen molar-refractivity contribution in [2.75, 3.05) is 33.9 Å². The van der Waals surface area contributed by atoms with Crippen LogP contribution in [0, 0.1) is 13.8 Å². The van der Waals surface area contributed by atoms with Gasteiger partial charge in [-0.15, -0.1) is 0 Å². The lowest BCUT2D eigenvalue weighted by atomic mass is 10.1. The second kappa shape index (κ2) is 7.77. The van der Waals surface area contributed by atoms with Crippen LogP contribution in [0.25, 0.3) is 0 Å². The van der Waals surface area contributed by atoms with E-state index in [-0.39, 0.29) is 4.90 Å². The fraction of sp³-hybridized carbons (Fsp3) is 0.600. The van der Waals surface area contributed by atoms with Gasteiger partial charge < -0.3 is 9.47 Å². The molecule has 0 radical (unpaired) electrons. The minimum Gasteiger partial charge on any atom is -0.495 e. The predicted molar refractivity (Wildman–Crippen MR) is 83.4 cm³/mol. The van der Waals surface area contributed by atoms with Gasteiger partial charge in [-0.1, -0.05) is 6.92 Å². The summed E-state index contributed by atoms with van der Waals surface area (Å²) in [6.45, 7) is 6.94. The van der Waals surface area contributed by atoms with Crippen LogP contribution in [0.5, 0.6) is 5.75 Å². The maximum Gasteiger partial charge on any atom is 0.246 e. The molecule has 0 saturated carbocycles. The fourth-order valence-corrected chi connectivity index (χ4v) is 3.80. The smallest absolute Gasteiger partial charge is 0.246 e. The van der Waals surface area contributed by atoms with E-state index < -0.39 is 10.0 Å². The number of aryl methyl sites for hydroxylation is 2. The fourth-order valence-electron chi connectivity index (χ4n) is 2.06. The van der Waals surface area contributed by atoms with Gasteiger partial charge in [0.15, 0.2) is 0 Å². The van der Waals surface area contributed by atoms with Crippen molar-refractivity contribution in [1.29, 1.82) is 0 Å². The van der Waals surface area contributed by atoms with E-state index in [0.29, 0.717) is 25.4 Å². The number of hydrogen-bond acceptors (Lipinski definition) is 4. The number of methoxy groups -OCH3 is 2. The van der Waals surface area contributed by atoms with Gasteiger partial charge in [-0.05, 0) is 43.5 Å². The maximum atomic E-state index is 12.9. The first kappa shape index (κ1) is 17.9. The molecule has 120 valence electrons. The van der Waals surface area contributed by atoms with Crippen molar-refractivity contribution in [3.05, 3.63) is 23.3 Å². The molecule has 0 heterocycles. The monoisotopic (exact) mass is 315 g/mol. The largest absolute Gasteiger partial charge is 0.495 e. The van der Waals surface area contributed by atoms with Crippen LogP contribution < -0.4 is 4.74 Å². The van der Waals surface area contributed by atoms with Crippen molar-refractivity contribution in [2.24, 2.45) is 0 Å². The zero-order valence-corrected chi connectivity index (χ0v) is 14.3. The van der Waals surface area contributed by atoms with Gasteiger partial charge in [-0.3, -0.25) is 0 Å². The Bertz CT molecular complexity index is 569. The summed E-state index contributed by atoms with van der Waals surface area (Å²) in [6.07, 6.45) is 0.746. The number of sulfonamides is 1. The molecule has 21 heavy (non-hydrogen) atoms. The highest BCUT2D eigenvalue weighted by molar-refractivity contribution is 7.89. The maximum absolute atomic E-state index is 12.9. The molecule has 0 atom stereocenters. The van der Waals surface area contributed by atoms with Crippen molar-refractivity contribution in [3.8, 4) is 5.75 Å². The van der Waals surface area contributed by atoms with E-state index in [9.17, 15) is 8.42 Å². The highest BCUT2D eigenvalue weighted by Gasteiger charge is 2.27. The molecule has 1 aromatic rings. The molecule has 5 nitrogen and oxygen atoms in total. The second-order valence-corrected chi connectivity index (χ2v) is 6.89. The molecule has 0 spiro atoms. The van der Waals surface area contributed by atoms with Gasteiger partial charge in [0, 0.05) is 20.2 Å². The normalized spacial score (nSPS) is 11.9. The van der Waals surface area contributed by atoms with E-state index in [1.165, 1.54) is 11.4 Å². The molecule has 6 heteroatoms. The van der Waals surface area contributed by atoms with Crippen molar-refractivity contribution < 1.29 is 17.9 Å². The van der Waals surface area contributed by atoms with Gasteiger partial charge in [0.25, 0.3) is 0 Å². The third-order valence-corrected chi connectivity index (χ3v) is 5.34. The summed E-state index contributed by atoms with van der Waals surface area (Å²) < 4.78 is 37.4. The zero-order chi connectivity index (χ0) is 16.0. The Labute approximate surface area is 127 Å². The molecule has 0 amide bonds. The lowest BCUT2D eigenvalue weighted by Gasteiger charge is -2.23. The van der Waals surface area contributed by atoms with E-state index in [2.05, 4.69) is 0 Å². The molecule has 0 aromatic heterocycles. The van der Waals surface area contributed by atoms with E-state index in [1.807, 2.05) is 20.8 Å². The first-order valence-electron chi connectivity index (χ1n) is 7.02. The molecule has 1 rings (SSSR count). The lowest BCUT2D eigenvalue weighted by molar-refractivity contribution is 0.179. The van der Waals surface area contributed by atoms with Crippen molar-refractivity contribution in [1.82, 2.24) is 4.31 Å². The summed E-state index contributed by atoms with van der Waals surface area (Å²) in [4.78, 5) is 0.220. The van der Waals surface area contributed by atoms with E-state index in [4.69, 9.17) is 9.47 Å².